The maximum Gasteiger partial charge on any atom is 0.416 e. The molecule has 120 valence electrons. The number of anilines is 1. The van der Waals surface area contributed by atoms with Gasteiger partial charge in [0, 0.05) is 17.1 Å². The zero-order valence-electron chi connectivity index (χ0n) is 12.0. The van der Waals surface area contributed by atoms with E-state index in [2.05, 4.69) is 0 Å². The van der Waals surface area contributed by atoms with Gasteiger partial charge < -0.3 is 4.90 Å². The number of fused-ring (bicyclic) bond motifs is 1. The fraction of sp³-hybridized carbons (Fsp3) is 0.235. The first-order valence-corrected chi connectivity index (χ1v) is 7.61. The summed E-state index contributed by atoms with van der Waals surface area (Å²) in [5.74, 6) is 0.251. The lowest BCUT2D eigenvalue weighted by Crippen LogP contribution is -2.23. The lowest BCUT2D eigenvalue weighted by molar-refractivity contribution is -0.137. The molecule has 0 fully saturated rings. The van der Waals surface area contributed by atoms with Crippen LogP contribution in [0.15, 0.2) is 42.5 Å². The Labute approximate surface area is 136 Å². The predicted octanol–water partition coefficient (Wildman–Crippen LogP) is 4.65. The van der Waals surface area contributed by atoms with Crippen LogP contribution in [0.25, 0.3) is 0 Å². The number of rotatable bonds is 3. The standard InChI is InChI=1S/C17H13ClF3NO/c18-9-8-11-2-1-3-14-15(11)10-22(16(14)23)13-6-4-12(5-7-13)17(19,20)21/h1-7H,8-10H2. The maximum atomic E-state index is 12.6. The minimum Gasteiger partial charge on any atom is -0.304 e. The zero-order chi connectivity index (χ0) is 16.6. The van der Waals surface area contributed by atoms with Crippen molar-refractivity contribution in [3.05, 3.63) is 64.7 Å². The molecule has 0 aliphatic carbocycles. The smallest absolute Gasteiger partial charge is 0.304 e. The van der Waals surface area contributed by atoms with Crippen molar-refractivity contribution in [2.45, 2.75) is 19.1 Å². The van der Waals surface area contributed by atoms with E-state index in [-0.39, 0.29) is 5.91 Å². The van der Waals surface area contributed by atoms with Crippen molar-refractivity contribution >= 4 is 23.2 Å². The summed E-state index contributed by atoms with van der Waals surface area (Å²) in [5, 5.41) is 0. The number of aryl methyl sites for hydroxylation is 1. The molecular formula is C17H13ClF3NO. The van der Waals surface area contributed by atoms with E-state index in [4.69, 9.17) is 11.6 Å². The van der Waals surface area contributed by atoms with Crippen molar-refractivity contribution in [3.8, 4) is 0 Å². The Morgan fingerprint density at radius 3 is 2.39 bits per heavy atom. The molecule has 0 saturated heterocycles. The van der Waals surface area contributed by atoms with Gasteiger partial charge in [0.05, 0.1) is 12.1 Å². The van der Waals surface area contributed by atoms with E-state index in [0.29, 0.717) is 30.1 Å². The summed E-state index contributed by atoms with van der Waals surface area (Å²) in [6, 6.07) is 10.1. The van der Waals surface area contributed by atoms with Crippen molar-refractivity contribution < 1.29 is 18.0 Å². The van der Waals surface area contributed by atoms with Crippen LogP contribution in [0.2, 0.25) is 0 Å². The van der Waals surface area contributed by atoms with Gasteiger partial charge in [-0.2, -0.15) is 13.2 Å². The van der Waals surface area contributed by atoms with Crippen LogP contribution < -0.4 is 4.90 Å². The van der Waals surface area contributed by atoms with Gasteiger partial charge in [0.25, 0.3) is 5.91 Å². The molecule has 1 aliphatic heterocycles. The molecule has 1 heterocycles. The summed E-state index contributed by atoms with van der Waals surface area (Å²) in [4.78, 5) is 14.0. The Morgan fingerprint density at radius 2 is 1.78 bits per heavy atom. The lowest BCUT2D eigenvalue weighted by Gasteiger charge is -2.17. The van der Waals surface area contributed by atoms with Gasteiger partial charge >= 0.3 is 6.18 Å². The molecule has 2 nitrogen and oxygen atoms in total. The number of nitrogens with zero attached hydrogens (tertiary/aromatic N) is 1. The third-order valence-electron chi connectivity index (χ3n) is 3.93. The number of amides is 1. The Hall–Kier alpha value is -2.01. The molecule has 0 radical (unpaired) electrons. The molecule has 0 unspecified atom stereocenters. The molecule has 3 rings (SSSR count). The highest BCUT2D eigenvalue weighted by atomic mass is 35.5. The van der Waals surface area contributed by atoms with Gasteiger partial charge in [-0.1, -0.05) is 12.1 Å². The molecule has 23 heavy (non-hydrogen) atoms. The fourth-order valence-corrected chi connectivity index (χ4v) is 2.98. The monoisotopic (exact) mass is 339 g/mol. The van der Waals surface area contributed by atoms with E-state index < -0.39 is 11.7 Å². The van der Waals surface area contributed by atoms with Gasteiger partial charge in [0.2, 0.25) is 0 Å². The van der Waals surface area contributed by atoms with E-state index in [9.17, 15) is 18.0 Å². The van der Waals surface area contributed by atoms with E-state index in [1.54, 1.807) is 12.1 Å². The molecule has 0 aromatic heterocycles. The lowest BCUT2D eigenvalue weighted by atomic mass is 10.0. The molecule has 1 aliphatic rings. The van der Waals surface area contributed by atoms with Crippen LogP contribution in [-0.4, -0.2) is 11.8 Å². The van der Waals surface area contributed by atoms with E-state index >= 15 is 0 Å². The van der Waals surface area contributed by atoms with Crippen molar-refractivity contribution in [2.24, 2.45) is 0 Å². The second kappa shape index (κ2) is 5.89. The maximum absolute atomic E-state index is 12.6. The Morgan fingerprint density at radius 1 is 1.09 bits per heavy atom. The largest absolute Gasteiger partial charge is 0.416 e. The SMILES string of the molecule is O=C1c2cccc(CCCl)c2CN1c1ccc(C(F)(F)F)cc1. The zero-order valence-corrected chi connectivity index (χ0v) is 12.8. The summed E-state index contributed by atoms with van der Waals surface area (Å²) in [6.07, 6.45) is -3.73. The van der Waals surface area contributed by atoms with Crippen molar-refractivity contribution in [1.82, 2.24) is 0 Å². The Balaban J connectivity index is 1.91. The number of carbonyl (C=O) groups is 1. The van der Waals surface area contributed by atoms with Gasteiger partial charge in [-0.3, -0.25) is 4.79 Å². The Kier molecular flexibility index (Phi) is 4.06. The van der Waals surface area contributed by atoms with E-state index in [0.717, 1.165) is 23.3 Å². The van der Waals surface area contributed by atoms with Crippen LogP contribution in [0, 0.1) is 0 Å². The average Bonchev–Trinajstić information content (AvgIpc) is 2.85. The molecule has 1 amide bonds. The minimum atomic E-state index is -4.38. The van der Waals surface area contributed by atoms with Gasteiger partial charge in [-0.05, 0) is 47.9 Å². The normalized spacial score (nSPS) is 14.3. The summed E-state index contributed by atoms with van der Waals surface area (Å²) in [6.45, 7) is 0.354. The van der Waals surface area contributed by atoms with Crippen molar-refractivity contribution in [3.63, 3.8) is 0 Å². The number of alkyl halides is 4. The molecule has 0 bridgehead atoms. The molecule has 2 aromatic carbocycles. The van der Waals surface area contributed by atoms with Crippen LogP contribution in [0.1, 0.15) is 27.0 Å². The molecule has 0 saturated carbocycles. The molecule has 0 N–H and O–H groups in total. The highest BCUT2D eigenvalue weighted by Crippen LogP contribution is 2.34. The highest BCUT2D eigenvalue weighted by molar-refractivity contribution is 6.18. The fourth-order valence-electron chi connectivity index (χ4n) is 2.77. The van der Waals surface area contributed by atoms with Crippen LogP contribution in [0.3, 0.4) is 0 Å². The second-order valence-electron chi connectivity index (χ2n) is 5.32. The third-order valence-corrected chi connectivity index (χ3v) is 4.12. The van der Waals surface area contributed by atoms with Crippen LogP contribution in [0.4, 0.5) is 18.9 Å². The molecule has 2 aromatic rings. The topological polar surface area (TPSA) is 20.3 Å². The minimum absolute atomic E-state index is 0.198. The summed E-state index contributed by atoms with van der Waals surface area (Å²) < 4.78 is 37.9. The van der Waals surface area contributed by atoms with Crippen molar-refractivity contribution in [2.75, 3.05) is 10.8 Å². The van der Waals surface area contributed by atoms with Gasteiger partial charge in [-0.25, -0.2) is 0 Å². The second-order valence-corrected chi connectivity index (χ2v) is 5.70. The number of benzene rings is 2. The molecule has 0 atom stereocenters. The number of carbonyl (C=O) groups excluding carboxylic acids is 1. The summed E-state index contributed by atoms with van der Waals surface area (Å²) >= 11 is 5.78. The Bertz CT molecular complexity index is 740. The first kappa shape index (κ1) is 15.9. The van der Waals surface area contributed by atoms with Crippen LogP contribution >= 0.6 is 11.6 Å². The van der Waals surface area contributed by atoms with Gasteiger partial charge in [-0.15, -0.1) is 11.6 Å². The summed E-state index contributed by atoms with van der Waals surface area (Å²) in [7, 11) is 0. The number of halogens is 4. The number of hydrogen-bond acceptors (Lipinski definition) is 1. The van der Waals surface area contributed by atoms with Gasteiger partial charge in [0.1, 0.15) is 0 Å². The third kappa shape index (κ3) is 2.93. The first-order valence-electron chi connectivity index (χ1n) is 7.07. The average molecular weight is 340 g/mol. The quantitative estimate of drug-likeness (QED) is 0.746. The number of hydrogen-bond donors (Lipinski definition) is 0. The highest BCUT2D eigenvalue weighted by Gasteiger charge is 2.32. The molecule has 0 spiro atoms. The predicted molar refractivity (Wildman–Crippen MR) is 82.8 cm³/mol. The molecule has 6 heteroatoms. The molecular weight excluding hydrogens is 327 g/mol. The van der Waals surface area contributed by atoms with Crippen molar-refractivity contribution in [1.29, 1.82) is 0 Å². The van der Waals surface area contributed by atoms with Crippen LogP contribution in [0.5, 0.6) is 0 Å². The van der Waals surface area contributed by atoms with Gasteiger partial charge in [0.15, 0.2) is 0 Å². The van der Waals surface area contributed by atoms with E-state index in [1.807, 2.05) is 6.07 Å². The van der Waals surface area contributed by atoms with E-state index in [1.165, 1.54) is 17.0 Å². The summed E-state index contributed by atoms with van der Waals surface area (Å²) in [5.41, 5.74) is 2.22. The van der Waals surface area contributed by atoms with Crippen LogP contribution in [-0.2, 0) is 19.1 Å². The first-order chi connectivity index (χ1) is 10.9.